The van der Waals surface area contributed by atoms with Gasteiger partial charge in [-0.05, 0) is 57.3 Å². The van der Waals surface area contributed by atoms with Gasteiger partial charge in [-0.2, -0.15) is 0 Å². The normalized spacial score (nSPS) is 11.4. The molecule has 0 N–H and O–H groups in total. The van der Waals surface area contributed by atoms with Gasteiger partial charge in [0.15, 0.2) is 17.5 Å². The summed E-state index contributed by atoms with van der Waals surface area (Å²) in [5.41, 5.74) is 9.05. The number of hydrogen-bond donors (Lipinski definition) is 0. The highest BCUT2D eigenvalue weighted by Gasteiger charge is 2.19. The van der Waals surface area contributed by atoms with Gasteiger partial charge in [0, 0.05) is 27.5 Å². The van der Waals surface area contributed by atoms with E-state index in [9.17, 15) is 0 Å². The molecule has 2 heterocycles. The molecule has 9 aromatic rings. The van der Waals surface area contributed by atoms with Gasteiger partial charge in [-0.1, -0.05) is 140 Å². The topological polar surface area (TPSA) is 51.8 Å². The van der Waals surface area contributed by atoms with Gasteiger partial charge in [-0.3, -0.25) is 0 Å². The van der Waals surface area contributed by atoms with E-state index >= 15 is 0 Å². The number of hydrogen-bond acceptors (Lipinski definition) is 4. The molecule has 0 aliphatic heterocycles. The van der Waals surface area contributed by atoms with E-state index in [1.54, 1.807) is 0 Å². The van der Waals surface area contributed by atoms with Gasteiger partial charge < -0.3 is 4.42 Å². The van der Waals surface area contributed by atoms with E-state index < -0.39 is 0 Å². The molecule has 0 bridgehead atoms. The molecule has 0 fully saturated rings. The molecule has 0 aliphatic carbocycles. The van der Waals surface area contributed by atoms with Crippen LogP contribution in [-0.4, -0.2) is 15.0 Å². The van der Waals surface area contributed by atoms with E-state index in [1.807, 2.05) is 66.7 Å². The summed E-state index contributed by atoms with van der Waals surface area (Å²) in [5, 5.41) is 4.24. The van der Waals surface area contributed by atoms with Crippen LogP contribution < -0.4 is 0 Å². The largest absolute Gasteiger partial charge is 0.456 e. The molecule has 0 amide bonds. The highest BCUT2D eigenvalue weighted by Crippen LogP contribution is 2.38. The van der Waals surface area contributed by atoms with Crippen LogP contribution in [-0.2, 0) is 0 Å². The molecule has 7 aromatic carbocycles. The quantitative estimate of drug-likeness (QED) is 0.197. The van der Waals surface area contributed by atoms with Gasteiger partial charge in [0.1, 0.15) is 11.2 Å². The van der Waals surface area contributed by atoms with Crippen LogP contribution in [0.2, 0.25) is 0 Å². The molecule has 0 atom stereocenters. The smallest absolute Gasteiger partial charge is 0.164 e. The van der Waals surface area contributed by atoms with E-state index in [-0.39, 0.29) is 0 Å². The molecule has 0 unspecified atom stereocenters. The second kappa shape index (κ2) is 11.2. The number of para-hydroxylation sites is 1. The standard InChI is InChI=1S/C43H27N3O/c1-3-12-28(13-4-1)29-22-24-30(25-23-29)33-26-32-16-7-8-17-34(32)37(27-33)43-45-41(31-14-5-2-6-15-31)44-42(46-43)36-19-11-21-39-40(36)35-18-9-10-20-38(35)47-39/h1-27H. The Morgan fingerprint density at radius 1 is 0.340 bits per heavy atom. The van der Waals surface area contributed by atoms with E-state index in [1.165, 1.54) is 11.1 Å². The maximum absolute atomic E-state index is 6.23. The Labute approximate surface area is 271 Å². The molecule has 9 rings (SSSR count). The summed E-state index contributed by atoms with van der Waals surface area (Å²) in [6, 6.07) is 56.4. The minimum atomic E-state index is 0.604. The van der Waals surface area contributed by atoms with Crippen LogP contribution in [0.25, 0.3) is 89.1 Å². The van der Waals surface area contributed by atoms with Crippen molar-refractivity contribution in [1.29, 1.82) is 0 Å². The molecule has 4 nitrogen and oxygen atoms in total. The van der Waals surface area contributed by atoms with Gasteiger partial charge >= 0.3 is 0 Å². The average molecular weight is 602 g/mol. The van der Waals surface area contributed by atoms with Gasteiger partial charge in [0.05, 0.1) is 0 Å². The summed E-state index contributed by atoms with van der Waals surface area (Å²) in [7, 11) is 0. The molecule has 220 valence electrons. The van der Waals surface area contributed by atoms with Crippen molar-refractivity contribution in [3.63, 3.8) is 0 Å². The number of benzene rings is 7. The highest BCUT2D eigenvalue weighted by atomic mass is 16.3. The Morgan fingerprint density at radius 2 is 0.894 bits per heavy atom. The van der Waals surface area contributed by atoms with Crippen molar-refractivity contribution in [2.24, 2.45) is 0 Å². The van der Waals surface area contributed by atoms with Crippen molar-refractivity contribution in [2.45, 2.75) is 0 Å². The van der Waals surface area contributed by atoms with Crippen LogP contribution in [0.5, 0.6) is 0 Å². The minimum absolute atomic E-state index is 0.604. The molecule has 4 heteroatoms. The average Bonchev–Trinajstić information content (AvgIpc) is 3.54. The van der Waals surface area contributed by atoms with Crippen molar-refractivity contribution in [3.8, 4) is 56.4 Å². The maximum atomic E-state index is 6.23. The summed E-state index contributed by atoms with van der Waals surface area (Å²) in [4.78, 5) is 15.4. The van der Waals surface area contributed by atoms with Crippen LogP contribution in [0.3, 0.4) is 0 Å². The summed E-state index contributed by atoms with van der Waals surface area (Å²) < 4.78 is 6.23. The molecule has 47 heavy (non-hydrogen) atoms. The summed E-state index contributed by atoms with van der Waals surface area (Å²) >= 11 is 0. The maximum Gasteiger partial charge on any atom is 0.164 e. The fourth-order valence-electron chi connectivity index (χ4n) is 6.44. The third-order valence-electron chi connectivity index (χ3n) is 8.74. The van der Waals surface area contributed by atoms with Crippen molar-refractivity contribution >= 4 is 32.7 Å². The molecule has 0 aliphatic rings. The first-order valence-electron chi connectivity index (χ1n) is 15.7. The molecular formula is C43H27N3O. The van der Waals surface area contributed by atoms with Crippen LogP contribution in [0.15, 0.2) is 168 Å². The number of nitrogens with zero attached hydrogens (tertiary/aromatic N) is 3. The number of fused-ring (bicyclic) bond motifs is 4. The van der Waals surface area contributed by atoms with Gasteiger partial charge in [0.2, 0.25) is 0 Å². The van der Waals surface area contributed by atoms with E-state index in [4.69, 9.17) is 19.4 Å². The Bertz CT molecular complexity index is 2550. The van der Waals surface area contributed by atoms with Crippen molar-refractivity contribution in [1.82, 2.24) is 15.0 Å². The van der Waals surface area contributed by atoms with Crippen LogP contribution in [0, 0.1) is 0 Å². The third-order valence-corrected chi connectivity index (χ3v) is 8.74. The fraction of sp³-hybridized carbons (Fsp3) is 0. The molecule has 0 saturated carbocycles. The summed E-state index contributed by atoms with van der Waals surface area (Å²) in [6.07, 6.45) is 0. The lowest BCUT2D eigenvalue weighted by Gasteiger charge is -2.13. The second-order valence-corrected chi connectivity index (χ2v) is 11.6. The second-order valence-electron chi connectivity index (χ2n) is 11.6. The van der Waals surface area contributed by atoms with Crippen molar-refractivity contribution < 1.29 is 4.42 Å². The highest BCUT2D eigenvalue weighted by molar-refractivity contribution is 6.12. The van der Waals surface area contributed by atoms with Crippen molar-refractivity contribution in [2.75, 3.05) is 0 Å². The lowest BCUT2D eigenvalue weighted by atomic mass is 9.95. The van der Waals surface area contributed by atoms with Gasteiger partial charge in [0.25, 0.3) is 0 Å². The first-order chi connectivity index (χ1) is 23.3. The molecule has 0 spiro atoms. The zero-order chi connectivity index (χ0) is 31.2. The summed E-state index contributed by atoms with van der Waals surface area (Å²) in [5.74, 6) is 1.85. The Morgan fingerprint density at radius 3 is 1.66 bits per heavy atom. The lowest BCUT2D eigenvalue weighted by Crippen LogP contribution is -2.01. The Hall–Kier alpha value is -6.39. The van der Waals surface area contributed by atoms with Gasteiger partial charge in [-0.25, -0.2) is 15.0 Å². The van der Waals surface area contributed by atoms with E-state index in [2.05, 4.69) is 97.1 Å². The number of furan rings is 1. The first kappa shape index (κ1) is 27.0. The summed E-state index contributed by atoms with van der Waals surface area (Å²) in [6.45, 7) is 0. The molecule has 2 aromatic heterocycles. The van der Waals surface area contributed by atoms with E-state index in [0.717, 1.165) is 60.5 Å². The number of aromatic nitrogens is 3. The zero-order valence-corrected chi connectivity index (χ0v) is 25.3. The fourth-order valence-corrected chi connectivity index (χ4v) is 6.44. The molecular weight excluding hydrogens is 574 g/mol. The Kier molecular flexibility index (Phi) is 6.43. The molecule has 0 radical (unpaired) electrons. The third kappa shape index (κ3) is 4.84. The lowest BCUT2D eigenvalue weighted by molar-refractivity contribution is 0.669. The Balaban J connectivity index is 1.27. The van der Waals surface area contributed by atoms with E-state index in [0.29, 0.717) is 17.5 Å². The monoisotopic (exact) mass is 601 g/mol. The SMILES string of the molecule is c1ccc(-c2ccc(-c3cc(-c4nc(-c5ccccc5)nc(-c5cccc6oc7ccccc7c56)n4)c4ccccc4c3)cc2)cc1. The number of rotatable bonds is 5. The van der Waals surface area contributed by atoms with Crippen LogP contribution in [0.1, 0.15) is 0 Å². The molecule has 0 saturated heterocycles. The first-order valence-corrected chi connectivity index (χ1v) is 15.7. The predicted octanol–water partition coefficient (Wildman–Crippen LogP) is 11.3. The van der Waals surface area contributed by atoms with Crippen LogP contribution in [0.4, 0.5) is 0 Å². The van der Waals surface area contributed by atoms with Crippen LogP contribution >= 0.6 is 0 Å². The van der Waals surface area contributed by atoms with Crippen molar-refractivity contribution in [3.05, 3.63) is 164 Å². The van der Waals surface area contributed by atoms with Gasteiger partial charge in [-0.15, -0.1) is 0 Å². The predicted molar refractivity (Wildman–Crippen MR) is 192 cm³/mol. The minimum Gasteiger partial charge on any atom is -0.456 e. The zero-order valence-electron chi connectivity index (χ0n) is 25.3.